The third-order valence-electron chi connectivity index (χ3n) is 2.56. The number of carbonyl (C=O) groups excluding carboxylic acids is 2. The molecule has 7 nitrogen and oxygen atoms in total. The number of ether oxygens (including phenoxy) is 2. The quantitative estimate of drug-likeness (QED) is 0.301. The van der Waals surface area contributed by atoms with E-state index in [0.717, 1.165) is 0 Å². The molecule has 0 spiro atoms. The fourth-order valence-corrected chi connectivity index (χ4v) is 1.55. The highest BCUT2D eigenvalue weighted by molar-refractivity contribution is 5.88. The van der Waals surface area contributed by atoms with Gasteiger partial charge in [0.2, 0.25) is 0 Å². The van der Waals surface area contributed by atoms with Crippen molar-refractivity contribution in [1.29, 1.82) is 0 Å². The van der Waals surface area contributed by atoms with Gasteiger partial charge in [0.25, 0.3) is 0 Å². The average Bonchev–Trinajstić information content (AvgIpc) is 3.06. The number of hydrazone groups is 1. The van der Waals surface area contributed by atoms with Crippen molar-refractivity contribution < 1.29 is 23.5 Å². The van der Waals surface area contributed by atoms with Crippen LogP contribution in [-0.2, 0) is 9.53 Å². The number of nitrogens with one attached hydrogen (secondary N) is 1. The molecule has 1 N–H and O–H groups in total. The Labute approximate surface area is 132 Å². The number of carbonyl (C=O) groups is 2. The first-order valence-electron chi connectivity index (χ1n) is 6.58. The van der Waals surface area contributed by atoms with E-state index in [4.69, 9.17) is 9.15 Å². The van der Waals surface area contributed by atoms with Crippen LogP contribution < -0.4 is 10.2 Å². The smallest absolute Gasteiger partial charge is 0.427 e. The van der Waals surface area contributed by atoms with Gasteiger partial charge in [0, 0.05) is 6.08 Å². The highest BCUT2D eigenvalue weighted by Crippen LogP contribution is 2.13. The number of furan rings is 1. The molecule has 1 amide bonds. The fourth-order valence-electron chi connectivity index (χ4n) is 1.55. The van der Waals surface area contributed by atoms with E-state index in [-0.39, 0.29) is 0 Å². The van der Waals surface area contributed by atoms with Crippen molar-refractivity contribution >= 4 is 24.4 Å². The van der Waals surface area contributed by atoms with Gasteiger partial charge in [0.15, 0.2) is 0 Å². The molecule has 0 atom stereocenters. The molecule has 0 aliphatic heterocycles. The fraction of sp³-hybridized carbons (Fsp3) is 0.0625. The molecule has 0 saturated heterocycles. The number of esters is 1. The third-order valence-corrected chi connectivity index (χ3v) is 2.56. The van der Waals surface area contributed by atoms with Crippen molar-refractivity contribution in [2.45, 2.75) is 0 Å². The number of hydrogen-bond donors (Lipinski definition) is 1. The second-order valence-electron chi connectivity index (χ2n) is 4.20. The Morgan fingerprint density at radius 3 is 2.87 bits per heavy atom. The summed E-state index contributed by atoms with van der Waals surface area (Å²) in [6, 6.07) is 10.1. The monoisotopic (exact) mass is 314 g/mol. The van der Waals surface area contributed by atoms with E-state index in [1.54, 1.807) is 36.4 Å². The number of nitrogens with zero attached hydrogens (tertiary/aromatic N) is 1. The van der Waals surface area contributed by atoms with E-state index in [1.165, 1.54) is 31.7 Å². The molecule has 0 saturated carbocycles. The lowest BCUT2D eigenvalue weighted by molar-refractivity contribution is -0.128. The lowest BCUT2D eigenvalue weighted by Crippen LogP contribution is -2.16. The molecule has 1 heterocycles. The zero-order chi connectivity index (χ0) is 16.5. The van der Waals surface area contributed by atoms with Gasteiger partial charge in [-0.15, -0.1) is 0 Å². The Bertz CT molecular complexity index is 720. The normalized spacial score (nSPS) is 10.8. The summed E-state index contributed by atoms with van der Waals surface area (Å²) in [5.74, 6) is 0.362. The van der Waals surface area contributed by atoms with Gasteiger partial charge < -0.3 is 13.9 Å². The van der Waals surface area contributed by atoms with Crippen molar-refractivity contribution in [3.8, 4) is 5.75 Å². The van der Waals surface area contributed by atoms with Crippen molar-refractivity contribution in [1.82, 2.24) is 5.43 Å². The summed E-state index contributed by atoms with van der Waals surface area (Å²) in [6.45, 7) is 0. The standard InChI is InChI=1S/C16H14N2O5/c1-21-16(20)18-17-11-12-4-2-5-14(10-12)23-15(19)8-7-13-6-3-9-22-13/h2-11H,1H3,(H,18,20)/b8-7+,17-11?. The van der Waals surface area contributed by atoms with Crippen LogP contribution in [0.5, 0.6) is 5.75 Å². The van der Waals surface area contributed by atoms with Gasteiger partial charge in [-0.1, -0.05) is 12.1 Å². The molecule has 2 aromatic rings. The van der Waals surface area contributed by atoms with Crippen LogP contribution in [0.4, 0.5) is 4.79 Å². The predicted molar refractivity (Wildman–Crippen MR) is 83.0 cm³/mol. The summed E-state index contributed by atoms with van der Waals surface area (Å²) >= 11 is 0. The lowest BCUT2D eigenvalue weighted by atomic mass is 10.2. The zero-order valence-corrected chi connectivity index (χ0v) is 12.3. The second-order valence-corrected chi connectivity index (χ2v) is 4.20. The van der Waals surface area contributed by atoms with Crippen molar-refractivity contribution in [2.75, 3.05) is 7.11 Å². The largest absolute Gasteiger partial charge is 0.465 e. The molecule has 0 bridgehead atoms. The Balaban J connectivity index is 1.94. The van der Waals surface area contributed by atoms with Crippen LogP contribution in [0.1, 0.15) is 11.3 Å². The van der Waals surface area contributed by atoms with Crippen LogP contribution in [0.15, 0.2) is 58.3 Å². The summed E-state index contributed by atoms with van der Waals surface area (Å²) < 4.78 is 14.6. The first-order valence-corrected chi connectivity index (χ1v) is 6.58. The van der Waals surface area contributed by atoms with Crippen LogP contribution in [-0.4, -0.2) is 25.4 Å². The maximum absolute atomic E-state index is 11.7. The topological polar surface area (TPSA) is 90.1 Å². The number of hydrogen-bond acceptors (Lipinski definition) is 6. The molecule has 1 aromatic heterocycles. The SMILES string of the molecule is COC(=O)NN=Cc1cccc(OC(=O)/C=C/c2ccco2)c1. The van der Waals surface area contributed by atoms with E-state index in [2.05, 4.69) is 15.3 Å². The van der Waals surface area contributed by atoms with Crippen LogP contribution in [0.25, 0.3) is 6.08 Å². The minimum Gasteiger partial charge on any atom is -0.465 e. The summed E-state index contributed by atoms with van der Waals surface area (Å²) in [5.41, 5.74) is 2.80. The Hall–Kier alpha value is -3.35. The van der Waals surface area contributed by atoms with Crippen LogP contribution >= 0.6 is 0 Å². The van der Waals surface area contributed by atoms with Crippen molar-refractivity contribution in [3.05, 3.63) is 60.1 Å². The molecule has 0 radical (unpaired) electrons. The molecule has 0 aliphatic carbocycles. The van der Waals surface area contributed by atoms with Gasteiger partial charge in [-0.25, -0.2) is 15.0 Å². The molecule has 0 fully saturated rings. The molecule has 0 aliphatic rings. The van der Waals surface area contributed by atoms with E-state index in [0.29, 0.717) is 17.1 Å². The van der Waals surface area contributed by atoms with Gasteiger partial charge in [-0.3, -0.25) is 0 Å². The molecule has 1 aromatic carbocycles. The van der Waals surface area contributed by atoms with Crippen molar-refractivity contribution in [2.24, 2.45) is 5.10 Å². The van der Waals surface area contributed by atoms with Gasteiger partial charge in [-0.2, -0.15) is 5.10 Å². The highest BCUT2D eigenvalue weighted by Gasteiger charge is 2.02. The van der Waals surface area contributed by atoms with Gasteiger partial charge in [0.05, 0.1) is 19.6 Å². The van der Waals surface area contributed by atoms with E-state index >= 15 is 0 Å². The Morgan fingerprint density at radius 2 is 2.13 bits per heavy atom. The summed E-state index contributed by atoms with van der Waals surface area (Å²) in [4.78, 5) is 22.6. The number of methoxy groups -OCH3 is 1. The Morgan fingerprint density at radius 1 is 1.26 bits per heavy atom. The first kappa shape index (κ1) is 16.0. The molecule has 23 heavy (non-hydrogen) atoms. The van der Waals surface area contributed by atoms with E-state index < -0.39 is 12.1 Å². The number of amides is 1. The highest BCUT2D eigenvalue weighted by atomic mass is 16.5. The minimum absolute atomic E-state index is 0.348. The molecular formula is C16H14N2O5. The molecule has 7 heteroatoms. The van der Waals surface area contributed by atoms with Gasteiger partial charge in [-0.05, 0) is 35.9 Å². The maximum atomic E-state index is 11.7. The molecule has 118 valence electrons. The van der Waals surface area contributed by atoms with Crippen LogP contribution in [0.2, 0.25) is 0 Å². The third kappa shape index (κ3) is 5.50. The van der Waals surface area contributed by atoms with E-state index in [9.17, 15) is 9.59 Å². The van der Waals surface area contributed by atoms with Gasteiger partial charge >= 0.3 is 12.1 Å². The zero-order valence-electron chi connectivity index (χ0n) is 12.3. The van der Waals surface area contributed by atoms with E-state index in [1.807, 2.05) is 0 Å². The van der Waals surface area contributed by atoms with Crippen LogP contribution in [0.3, 0.4) is 0 Å². The lowest BCUT2D eigenvalue weighted by Gasteiger charge is -2.02. The summed E-state index contributed by atoms with van der Waals surface area (Å²) in [6.07, 6.45) is 5.00. The Kier molecular flexibility index (Phi) is 5.70. The predicted octanol–water partition coefficient (Wildman–Crippen LogP) is 2.59. The second kappa shape index (κ2) is 8.18. The minimum atomic E-state index is -0.674. The van der Waals surface area contributed by atoms with Gasteiger partial charge in [0.1, 0.15) is 11.5 Å². The maximum Gasteiger partial charge on any atom is 0.427 e. The number of rotatable bonds is 5. The first-order chi connectivity index (χ1) is 11.2. The number of benzene rings is 1. The summed E-state index contributed by atoms with van der Waals surface area (Å²) in [5, 5.41) is 3.69. The summed E-state index contributed by atoms with van der Waals surface area (Å²) in [7, 11) is 1.24. The molecule has 2 rings (SSSR count). The average molecular weight is 314 g/mol. The van der Waals surface area contributed by atoms with Crippen LogP contribution in [0, 0.1) is 0 Å². The van der Waals surface area contributed by atoms with Crippen molar-refractivity contribution in [3.63, 3.8) is 0 Å². The molecular weight excluding hydrogens is 300 g/mol. The molecule has 0 unspecified atom stereocenters.